The molecule has 0 bridgehead atoms. The number of benzene rings is 1. The van der Waals surface area contributed by atoms with E-state index in [1.54, 1.807) is 12.1 Å². The van der Waals surface area contributed by atoms with Gasteiger partial charge in [-0.2, -0.15) is 13.2 Å². The van der Waals surface area contributed by atoms with Crippen molar-refractivity contribution in [3.8, 4) is 0 Å². The van der Waals surface area contributed by atoms with E-state index in [1.807, 2.05) is 6.07 Å². The SMILES string of the molecule is NC(=O)c1cc2cc(CN3CC4(C3)CN(c3ncnc5sc(CC(F)(F)F)cc35)C4)ccc2[nH]1. The Hall–Kier alpha value is -3.18. The third-order valence-electron chi connectivity index (χ3n) is 6.56. The van der Waals surface area contributed by atoms with Gasteiger partial charge in [0, 0.05) is 53.9 Å². The Labute approximate surface area is 196 Å². The van der Waals surface area contributed by atoms with Crippen LogP contribution in [-0.4, -0.2) is 58.1 Å². The standard InChI is InChI=1S/C23H21F3N6OS/c24-23(25,26)6-15-5-16-20(28-12-29-21(16)34-15)32-10-22(11-32)8-31(9-22)7-13-1-2-17-14(3-13)4-18(30-17)19(27)33/h1-5,12,30H,6-11H2,(H2,27,33). The van der Waals surface area contributed by atoms with Crippen LogP contribution < -0.4 is 10.6 Å². The molecule has 34 heavy (non-hydrogen) atoms. The quantitative estimate of drug-likeness (QED) is 0.449. The molecule has 0 radical (unpaired) electrons. The normalized spacial score (nSPS) is 17.9. The number of hydrogen-bond acceptors (Lipinski definition) is 6. The summed E-state index contributed by atoms with van der Waals surface area (Å²) in [4.78, 5) is 28.3. The zero-order chi connectivity index (χ0) is 23.7. The van der Waals surface area contributed by atoms with Crippen molar-refractivity contribution in [3.63, 3.8) is 0 Å². The van der Waals surface area contributed by atoms with Crippen LogP contribution in [0.25, 0.3) is 21.1 Å². The van der Waals surface area contributed by atoms with Crippen LogP contribution in [0, 0.1) is 5.41 Å². The molecule has 11 heteroatoms. The van der Waals surface area contributed by atoms with Gasteiger partial charge in [0.2, 0.25) is 0 Å². The summed E-state index contributed by atoms with van der Waals surface area (Å²) < 4.78 is 38.4. The molecule has 2 saturated heterocycles. The molecule has 7 nitrogen and oxygen atoms in total. The number of amides is 1. The van der Waals surface area contributed by atoms with Crippen molar-refractivity contribution >= 4 is 44.2 Å². The Kier molecular flexibility index (Phi) is 4.65. The number of rotatable bonds is 5. The topological polar surface area (TPSA) is 91.1 Å². The molecule has 3 aromatic heterocycles. The van der Waals surface area contributed by atoms with Crippen LogP contribution in [0.1, 0.15) is 20.9 Å². The minimum atomic E-state index is -4.24. The number of aromatic nitrogens is 3. The number of nitrogens with zero attached hydrogens (tertiary/aromatic N) is 4. The maximum atomic E-state index is 12.8. The van der Waals surface area contributed by atoms with Crippen LogP contribution in [0.15, 0.2) is 36.7 Å². The second kappa shape index (κ2) is 7.41. The summed E-state index contributed by atoms with van der Waals surface area (Å²) in [6, 6.07) is 9.45. The van der Waals surface area contributed by atoms with Gasteiger partial charge in [0.1, 0.15) is 22.7 Å². The van der Waals surface area contributed by atoms with E-state index >= 15 is 0 Å². The second-order valence-electron chi connectivity index (χ2n) is 9.39. The van der Waals surface area contributed by atoms with Gasteiger partial charge >= 0.3 is 6.18 Å². The predicted octanol–water partition coefficient (Wildman–Crippen LogP) is 3.70. The van der Waals surface area contributed by atoms with Crippen LogP contribution in [-0.2, 0) is 13.0 Å². The van der Waals surface area contributed by atoms with Crippen LogP contribution in [0.3, 0.4) is 0 Å². The van der Waals surface area contributed by atoms with Gasteiger partial charge in [-0.25, -0.2) is 9.97 Å². The smallest absolute Gasteiger partial charge is 0.364 e. The number of fused-ring (bicyclic) bond motifs is 2. The summed E-state index contributed by atoms with van der Waals surface area (Å²) in [7, 11) is 0. The summed E-state index contributed by atoms with van der Waals surface area (Å²) in [5.74, 6) is 0.249. The first kappa shape index (κ1) is 21.4. The highest BCUT2D eigenvalue weighted by atomic mass is 32.1. The Morgan fingerprint density at radius 2 is 1.94 bits per heavy atom. The predicted molar refractivity (Wildman–Crippen MR) is 124 cm³/mol. The number of thiophene rings is 1. The minimum Gasteiger partial charge on any atom is -0.364 e. The number of halogens is 3. The molecule has 3 N–H and O–H groups in total. The number of nitrogens with two attached hydrogens (primary N) is 1. The third-order valence-corrected chi connectivity index (χ3v) is 7.60. The van der Waals surface area contributed by atoms with Crippen LogP contribution in [0.5, 0.6) is 0 Å². The number of H-pyrrole nitrogens is 1. The molecule has 6 rings (SSSR count). The molecule has 2 aliphatic rings. The third kappa shape index (κ3) is 3.78. The summed E-state index contributed by atoms with van der Waals surface area (Å²) in [6.07, 6.45) is -3.74. The average molecular weight is 487 g/mol. The largest absolute Gasteiger partial charge is 0.393 e. The highest BCUT2D eigenvalue weighted by Gasteiger charge is 2.52. The summed E-state index contributed by atoms with van der Waals surface area (Å²) in [5.41, 5.74) is 8.00. The van der Waals surface area contributed by atoms with Gasteiger partial charge in [-0.3, -0.25) is 9.69 Å². The molecule has 2 fully saturated rings. The number of nitrogens with one attached hydrogen (secondary N) is 1. The zero-order valence-corrected chi connectivity index (χ0v) is 18.8. The maximum Gasteiger partial charge on any atom is 0.393 e. The molecule has 4 aromatic rings. The van der Waals surface area contributed by atoms with Gasteiger partial charge in [-0.1, -0.05) is 6.07 Å². The van der Waals surface area contributed by atoms with E-state index in [0.29, 0.717) is 15.9 Å². The molecule has 5 heterocycles. The number of hydrogen-bond donors (Lipinski definition) is 2. The van der Waals surface area contributed by atoms with E-state index in [9.17, 15) is 18.0 Å². The molecule has 2 aliphatic heterocycles. The Bertz CT molecular complexity index is 1410. The molecular formula is C23H21F3N6OS. The van der Waals surface area contributed by atoms with Crippen molar-refractivity contribution in [2.75, 3.05) is 31.1 Å². The molecule has 176 valence electrons. The van der Waals surface area contributed by atoms with Gasteiger partial charge < -0.3 is 15.6 Å². The highest BCUT2D eigenvalue weighted by molar-refractivity contribution is 7.18. The van der Waals surface area contributed by atoms with E-state index in [1.165, 1.54) is 11.9 Å². The molecule has 1 aromatic carbocycles. The van der Waals surface area contributed by atoms with Gasteiger partial charge in [-0.15, -0.1) is 11.3 Å². The number of aromatic amines is 1. The number of anilines is 1. The highest BCUT2D eigenvalue weighted by Crippen LogP contribution is 2.44. The number of alkyl halides is 3. The lowest BCUT2D eigenvalue weighted by atomic mass is 9.72. The Morgan fingerprint density at radius 1 is 1.15 bits per heavy atom. The van der Waals surface area contributed by atoms with Crippen molar-refractivity contribution in [1.82, 2.24) is 19.9 Å². The van der Waals surface area contributed by atoms with Crippen molar-refractivity contribution in [3.05, 3.63) is 52.8 Å². The molecule has 0 saturated carbocycles. The first-order valence-corrected chi connectivity index (χ1v) is 11.7. The number of likely N-dealkylation sites (tertiary alicyclic amines) is 1. The second-order valence-corrected chi connectivity index (χ2v) is 10.5. The number of primary amides is 1. The maximum absolute atomic E-state index is 12.8. The molecule has 1 amide bonds. The molecule has 0 unspecified atom stereocenters. The van der Waals surface area contributed by atoms with Crippen molar-refractivity contribution < 1.29 is 18.0 Å². The molecule has 0 atom stereocenters. The zero-order valence-electron chi connectivity index (χ0n) is 18.0. The van der Waals surface area contributed by atoms with Crippen molar-refractivity contribution in [1.29, 1.82) is 0 Å². The van der Waals surface area contributed by atoms with Crippen LogP contribution in [0.2, 0.25) is 0 Å². The van der Waals surface area contributed by atoms with E-state index in [0.717, 1.165) is 60.8 Å². The van der Waals surface area contributed by atoms with E-state index in [2.05, 4.69) is 36.9 Å². The van der Waals surface area contributed by atoms with Crippen LogP contribution >= 0.6 is 11.3 Å². The van der Waals surface area contributed by atoms with E-state index < -0.39 is 18.5 Å². The fraction of sp³-hybridized carbons (Fsp3) is 0.348. The fourth-order valence-corrected chi connectivity index (χ4v) is 6.25. The lowest BCUT2D eigenvalue weighted by molar-refractivity contribution is -0.126. The van der Waals surface area contributed by atoms with E-state index in [-0.39, 0.29) is 10.3 Å². The van der Waals surface area contributed by atoms with Gasteiger partial charge in [0.15, 0.2) is 0 Å². The molecule has 0 aliphatic carbocycles. The summed E-state index contributed by atoms with van der Waals surface area (Å²) >= 11 is 1.08. The first-order valence-electron chi connectivity index (χ1n) is 10.9. The first-order chi connectivity index (χ1) is 16.2. The van der Waals surface area contributed by atoms with Crippen LogP contribution in [0.4, 0.5) is 19.0 Å². The number of carbonyl (C=O) groups is 1. The van der Waals surface area contributed by atoms with Gasteiger partial charge in [-0.05, 0) is 29.8 Å². The minimum absolute atomic E-state index is 0.194. The van der Waals surface area contributed by atoms with E-state index in [4.69, 9.17) is 5.73 Å². The Balaban J connectivity index is 1.10. The Morgan fingerprint density at radius 3 is 2.68 bits per heavy atom. The molecule has 1 spiro atoms. The van der Waals surface area contributed by atoms with Gasteiger partial charge in [0.05, 0.1) is 11.8 Å². The van der Waals surface area contributed by atoms with Crippen molar-refractivity contribution in [2.45, 2.75) is 19.1 Å². The number of carbonyl (C=O) groups excluding carboxylic acids is 1. The summed E-state index contributed by atoms with van der Waals surface area (Å²) in [6.45, 7) is 4.40. The van der Waals surface area contributed by atoms with Crippen molar-refractivity contribution in [2.24, 2.45) is 11.1 Å². The molecular weight excluding hydrogens is 465 g/mol. The summed E-state index contributed by atoms with van der Waals surface area (Å²) in [5, 5.41) is 1.66. The lowest BCUT2D eigenvalue weighted by Crippen LogP contribution is -2.72. The lowest BCUT2D eigenvalue weighted by Gasteiger charge is -2.60. The monoisotopic (exact) mass is 486 g/mol. The fourth-order valence-electron chi connectivity index (χ4n) is 5.23. The average Bonchev–Trinajstić information content (AvgIpc) is 3.30. The van der Waals surface area contributed by atoms with Gasteiger partial charge in [0.25, 0.3) is 5.91 Å².